The average molecular weight is 353 g/mol. The Morgan fingerprint density at radius 2 is 1.70 bits per heavy atom. The summed E-state index contributed by atoms with van der Waals surface area (Å²) >= 11 is 0. The van der Waals surface area contributed by atoms with Gasteiger partial charge in [-0.05, 0) is 62.9 Å². The van der Waals surface area contributed by atoms with E-state index in [-0.39, 0.29) is 30.4 Å². The fraction of sp³-hybridized carbons (Fsp3) is 0.421. The maximum atomic E-state index is 4.15. The molecule has 1 N–H and O–H groups in total. The fourth-order valence-electron chi connectivity index (χ4n) is 3.71. The van der Waals surface area contributed by atoms with Crippen molar-refractivity contribution in [3.63, 3.8) is 0 Å². The molecule has 1 aliphatic rings. The minimum Gasteiger partial charge on any atom is -0.304 e. The van der Waals surface area contributed by atoms with Crippen LogP contribution < -0.4 is 5.32 Å². The quantitative estimate of drug-likeness (QED) is 0.809. The Kier molecular flexibility index (Phi) is 6.64. The van der Waals surface area contributed by atoms with Crippen LogP contribution in [0, 0.1) is 13.8 Å². The molecular weight excluding hydrogens is 327 g/mol. The van der Waals surface area contributed by atoms with Crippen molar-refractivity contribution in [3.8, 4) is 0 Å². The molecule has 1 aromatic carbocycles. The third kappa shape index (κ3) is 4.06. The van der Waals surface area contributed by atoms with Crippen LogP contribution in [0.2, 0.25) is 0 Å². The molecule has 4 heteroatoms. The van der Waals surface area contributed by atoms with Crippen LogP contribution in [0.5, 0.6) is 0 Å². The number of nitrogens with zero attached hydrogens (tertiary/aromatic N) is 1. The minimum atomic E-state index is 0. The number of aromatic nitrogens is 1. The highest BCUT2D eigenvalue weighted by Gasteiger charge is 2.41. The van der Waals surface area contributed by atoms with Crippen molar-refractivity contribution in [2.45, 2.75) is 51.6 Å². The van der Waals surface area contributed by atoms with Gasteiger partial charge in [-0.15, -0.1) is 24.8 Å². The first-order valence-electron chi connectivity index (χ1n) is 7.72. The van der Waals surface area contributed by atoms with Crippen molar-refractivity contribution in [2.75, 3.05) is 0 Å². The lowest BCUT2D eigenvalue weighted by molar-refractivity contribution is 0.397. The summed E-state index contributed by atoms with van der Waals surface area (Å²) in [7, 11) is 0. The van der Waals surface area contributed by atoms with Crippen LogP contribution in [-0.2, 0) is 0 Å². The smallest absolute Gasteiger partial charge is 0.0334 e. The van der Waals surface area contributed by atoms with Gasteiger partial charge in [0.1, 0.15) is 0 Å². The van der Waals surface area contributed by atoms with Crippen molar-refractivity contribution in [1.82, 2.24) is 10.3 Å². The number of halogens is 2. The van der Waals surface area contributed by atoms with Crippen LogP contribution in [0.15, 0.2) is 42.7 Å². The Morgan fingerprint density at radius 1 is 1.04 bits per heavy atom. The summed E-state index contributed by atoms with van der Waals surface area (Å²) < 4.78 is 0. The zero-order chi connectivity index (χ0) is 15.0. The number of nitrogens with one attached hydrogen (secondary N) is 1. The van der Waals surface area contributed by atoms with E-state index >= 15 is 0 Å². The van der Waals surface area contributed by atoms with Crippen molar-refractivity contribution >= 4 is 24.8 Å². The van der Waals surface area contributed by atoms with Gasteiger partial charge in [0.25, 0.3) is 0 Å². The summed E-state index contributed by atoms with van der Waals surface area (Å²) in [5, 5.41) is 3.83. The van der Waals surface area contributed by atoms with Crippen molar-refractivity contribution in [1.29, 1.82) is 0 Å². The maximum Gasteiger partial charge on any atom is 0.0334 e. The van der Waals surface area contributed by atoms with E-state index < -0.39 is 0 Å². The predicted octanol–water partition coefficient (Wildman–Crippen LogP) is 5.14. The van der Waals surface area contributed by atoms with Gasteiger partial charge in [-0.1, -0.05) is 23.8 Å². The first-order valence-corrected chi connectivity index (χ1v) is 7.72. The lowest BCUT2D eigenvalue weighted by Gasteiger charge is -2.27. The molecule has 1 aliphatic heterocycles. The fourth-order valence-corrected chi connectivity index (χ4v) is 3.71. The molecule has 2 aromatic rings. The second kappa shape index (κ2) is 7.65. The SMILES string of the molecule is Cc1ccc(C2CC(c3ccncc3)C(C)(C)N2)c(C)c1.Cl.Cl. The van der Waals surface area contributed by atoms with Crippen LogP contribution in [0.25, 0.3) is 0 Å². The summed E-state index contributed by atoms with van der Waals surface area (Å²) in [6, 6.07) is 11.5. The van der Waals surface area contributed by atoms with Gasteiger partial charge in [0.05, 0.1) is 0 Å². The molecule has 126 valence electrons. The van der Waals surface area contributed by atoms with Gasteiger partial charge in [-0.2, -0.15) is 0 Å². The molecule has 2 atom stereocenters. The number of benzene rings is 1. The lowest BCUT2D eigenvalue weighted by Crippen LogP contribution is -2.37. The molecule has 0 amide bonds. The molecule has 2 unspecified atom stereocenters. The summed E-state index contributed by atoms with van der Waals surface area (Å²) in [5.74, 6) is 0.520. The van der Waals surface area contributed by atoms with E-state index in [9.17, 15) is 0 Å². The van der Waals surface area contributed by atoms with Crippen LogP contribution in [-0.4, -0.2) is 10.5 Å². The van der Waals surface area contributed by atoms with Crippen molar-refractivity contribution in [3.05, 3.63) is 65.0 Å². The van der Waals surface area contributed by atoms with Gasteiger partial charge < -0.3 is 5.32 Å². The molecule has 1 fully saturated rings. The van der Waals surface area contributed by atoms with E-state index in [1.54, 1.807) is 0 Å². The first kappa shape index (κ1) is 20.0. The Hall–Kier alpha value is -1.09. The number of hydrogen-bond acceptors (Lipinski definition) is 2. The molecule has 0 saturated carbocycles. The Morgan fingerprint density at radius 3 is 2.30 bits per heavy atom. The van der Waals surface area contributed by atoms with Crippen LogP contribution >= 0.6 is 24.8 Å². The standard InChI is InChI=1S/C19H24N2.2ClH/c1-13-5-6-16(14(2)11-13)18-12-17(19(3,4)21-18)15-7-9-20-10-8-15;;/h5-11,17-18,21H,12H2,1-4H3;2*1H. The number of pyridine rings is 1. The van der Waals surface area contributed by atoms with Crippen LogP contribution in [0.4, 0.5) is 0 Å². The molecule has 2 heterocycles. The Labute approximate surface area is 151 Å². The third-order valence-corrected chi connectivity index (χ3v) is 4.80. The lowest BCUT2D eigenvalue weighted by atomic mass is 9.82. The topological polar surface area (TPSA) is 24.9 Å². The molecule has 0 spiro atoms. The van der Waals surface area contributed by atoms with Crippen LogP contribution in [0.3, 0.4) is 0 Å². The highest BCUT2D eigenvalue weighted by molar-refractivity contribution is 5.85. The van der Waals surface area contributed by atoms with E-state index in [0.29, 0.717) is 12.0 Å². The predicted molar refractivity (Wildman–Crippen MR) is 102 cm³/mol. The molecule has 23 heavy (non-hydrogen) atoms. The highest BCUT2D eigenvalue weighted by atomic mass is 35.5. The summed E-state index contributed by atoms with van der Waals surface area (Å²) in [6.45, 7) is 8.99. The number of hydrogen-bond donors (Lipinski definition) is 1. The second-order valence-corrected chi connectivity index (χ2v) is 6.85. The normalized spacial score (nSPS) is 22.1. The number of rotatable bonds is 2. The van der Waals surface area contributed by atoms with E-state index in [2.05, 4.69) is 68.3 Å². The molecular formula is C19H26Cl2N2. The van der Waals surface area contributed by atoms with E-state index in [0.717, 1.165) is 6.42 Å². The van der Waals surface area contributed by atoms with Gasteiger partial charge in [0.2, 0.25) is 0 Å². The Balaban J connectivity index is 0.00000132. The Bertz CT molecular complexity index is 641. The van der Waals surface area contributed by atoms with Gasteiger partial charge in [0.15, 0.2) is 0 Å². The van der Waals surface area contributed by atoms with Gasteiger partial charge in [-0.3, -0.25) is 4.98 Å². The maximum absolute atomic E-state index is 4.15. The number of aryl methyl sites for hydroxylation is 2. The highest BCUT2D eigenvalue weighted by Crippen LogP contribution is 2.44. The molecule has 0 bridgehead atoms. The molecule has 1 aromatic heterocycles. The van der Waals surface area contributed by atoms with E-state index in [4.69, 9.17) is 0 Å². The van der Waals surface area contributed by atoms with Crippen LogP contribution in [0.1, 0.15) is 54.5 Å². The van der Waals surface area contributed by atoms with E-state index in [1.165, 1.54) is 22.3 Å². The monoisotopic (exact) mass is 352 g/mol. The summed E-state index contributed by atoms with van der Waals surface area (Å²) in [6.07, 6.45) is 4.94. The second-order valence-electron chi connectivity index (χ2n) is 6.85. The molecule has 0 radical (unpaired) electrons. The van der Waals surface area contributed by atoms with E-state index in [1.807, 2.05) is 12.4 Å². The largest absolute Gasteiger partial charge is 0.304 e. The summed E-state index contributed by atoms with van der Waals surface area (Å²) in [4.78, 5) is 4.15. The van der Waals surface area contributed by atoms with Gasteiger partial charge in [-0.25, -0.2) is 0 Å². The minimum absolute atomic E-state index is 0. The molecule has 1 saturated heterocycles. The summed E-state index contributed by atoms with van der Waals surface area (Å²) in [5.41, 5.74) is 5.64. The molecule has 3 rings (SSSR count). The van der Waals surface area contributed by atoms with Crippen molar-refractivity contribution < 1.29 is 0 Å². The first-order chi connectivity index (χ1) is 9.97. The third-order valence-electron chi connectivity index (χ3n) is 4.80. The zero-order valence-corrected chi connectivity index (χ0v) is 15.8. The average Bonchev–Trinajstić information content (AvgIpc) is 2.75. The zero-order valence-electron chi connectivity index (χ0n) is 14.2. The molecule has 0 aliphatic carbocycles. The van der Waals surface area contributed by atoms with Gasteiger partial charge in [0, 0.05) is 29.9 Å². The van der Waals surface area contributed by atoms with Gasteiger partial charge >= 0.3 is 0 Å². The van der Waals surface area contributed by atoms with Crippen molar-refractivity contribution in [2.24, 2.45) is 0 Å². The molecule has 2 nitrogen and oxygen atoms in total.